The molecule has 22 heavy (non-hydrogen) atoms. The molecule has 6 nitrogen and oxygen atoms in total. The minimum atomic E-state index is -0.538. The van der Waals surface area contributed by atoms with Gasteiger partial charge in [-0.25, -0.2) is 4.79 Å². The molecule has 1 unspecified atom stereocenters. The Morgan fingerprint density at radius 1 is 1.32 bits per heavy atom. The zero-order chi connectivity index (χ0) is 16.0. The lowest BCUT2D eigenvalue weighted by Crippen LogP contribution is -2.44. The van der Waals surface area contributed by atoms with Crippen molar-refractivity contribution >= 4 is 17.2 Å². The van der Waals surface area contributed by atoms with E-state index in [0.29, 0.717) is 12.4 Å². The highest BCUT2D eigenvalue weighted by molar-refractivity contribution is 7.10. The number of hydrogen-bond acceptors (Lipinski definition) is 5. The fraction of sp³-hybridized carbons (Fsp3) is 0.400. The van der Waals surface area contributed by atoms with Crippen molar-refractivity contribution in [2.45, 2.75) is 19.4 Å². The lowest BCUT2D eigenvalue weighted by atomic mass is 10.0. The van der Waals surface area contributed by atoms with Crippen molar-refractivity contribution in [3.8, 4) is 6.07 Å². The molecule has 0 amide bonds. The molecular weight excluding hydrogens is 300 g/mol. The van der Waals surface area contributed by atoms with Crippen LogP contribution in [0.15, 0.2) is 21.0 Å². The molecule has 3 rings (SSSR count). The summed E-state index contributed by atoms with van der Waals surface area (Å²) in [5.41, 5.74) is 0.273. The second-order valence-electron chi connectivity index (χ2n) is 5.43. The minimum absolute atomic E-state index is 0.0233. The van der Waals surface area contributed by atoms with Gasteiger partial charge >= 0.3 is 5.69 Å². The second kappa shape index (κ2) is 5.14. The first kappa shape index (κ1) is 14.6. The van der Waals surface area contributed by atoms with Crippen LogP contribution in [0.5, 0.6) is 0 Å². The second-order valence-corrected chi connectivity index (χ2v) is 6.44. The quantitative estimate of drug-likeness (QED) is 0.791. The Kier molecular flexibility index (Phi) is 3.41. The van der Waals surface area contributed by atoms with Gasteiger partial charge < -0.3 is 4.90 Å². The summed E-state index contributed by atoms with van der Waals surface area (Å²) in [5.74, 6) is 0.417. The maximum Gasteiger partial charge on any atom is 0.332 e. The molecule has 0 saturated carbocycles. The van der Waals surface area contributed by atoms with Gasteiger partial charge in [-0.15, -0.1) is 11.3 Å². The smallest absolute Gasteiger partial charge is 0.332 e. The lowest BCUT2D eigenvalue weighted by Gasteiger charge is -2.36. The summed E-state index contributed by atoms with van der Waals surface area (Å²) in [6.07, 6.45) is 0.853. The maximum atomic E-state index is 12.2. The van der Waals surface area contributed by atoms with Gasteiger partial charge in [-0.05, 0) is 30.4 Å². The summed E-state index contributed by atoms with van der Waals surface area (Å²) in [4.78, 5) is 27.8. The maximum absolute atomic E-state index is 12.2. The van der Waals surface area contributed by atoms with Crippen LogP contribution in [0, 0.1) is 11.3 Å². The zero-order valence-corrected chi connectivity index (χ0v) is 13.5. The largest absolute Gasteiger partial charge is 0.349 e. The molecule has 0 radical (unpaired) electrons. The molecule has 0 bridgehead atoms. The number of aromatic nitrogens is 2. The Labute approximate surface area is 131 Å². The van der Waals surface area contributed by atoms with Crippen LogP contribution in [-0.4, -0.2) is 15.7 Å². The number of hydrogen-bond donors (Lipinski definition) is 0. The summed E-state index contributed by atoms with van der Waals surface area (Å²) in [6.45, 7) is 2.72. The Balaban J connectivity index is 2.24. The fourth-order valence-electron chi connectivity index (χ4n) is 3.07. The third kappa shape index (κ3) is 1.91. The van der Waals surface area contributed by atoms with Gasteiger partial charge in [0.05, 0.1) is 6.04 Å². The Bertz CT molecular complexity index is 900. The summed E-state index contributed by atoms with van der Waals surface area (Å²) < 4.78 is 2.38. The van der Waals surface area contributed by atoms with Gasteiger partial charge in [-0.2, -0.15) is 5.26 Å². The van der Waals surface area contributed by atoms with Crippen LogP contribution in [0.1, 0.15) is 29.0 Å². The SMILES string of the molecule is CC1c2ccsc2CCN1c1c(C#N)c(=O)n(C)c(=O)n1C. The molecule has 2 aromatic heterocycles. The summed E-state index contributed by atoms with van der Waals surface area (Å²) in [6, 6.07) is 4.08. The third-order valence-corrected chi connectivity index (χ3v) is 5.29. The molecular formula is C15H16N4O2S. The molecule has 0 N–H and O–H groups in total. The first-order valence-electron chi connectivity index (χ1n) is 7.00. The first-order chi connectivity index (χ1) is 10.5. The van der Waals surface area contributed by atoms with Crippen molar-refractivity contribution in [1.82, 2.24) is 9.13 Å². The molecule has 114 valence electrons. The van der Waals surface area contributed by atoms with Crippen molar-refractivity contribution in [3.63, 3.8) is 0 Å². The first-order valence-corrected chi connectivity index (χ1v) is 7.88. The molecule has 7 heteroatoms. The highest BCUT2D eigenvalue weighted by Gasteiger charge is 2.29. The molecule has 0 spiro atoms. The molecule has 1 aliphatic rings. The molecule has 3 heterocycles. The van der Waals surface area contributed by atoms with Gasteiger partial charge in [-0.3, -0.25) is 13.9 Å². The van der Waals surface area contributed by atoms with Crippen molar-refractivity contribution in [2.75, 3.05) is 11.4 Å². The molecule has 1 aliphatic heterocycles. The summed E-state index contributed by atoms with van der Waals surface area (Å²) in [7, 11) is 3.00. The van der Waals surface area contributed by atoms with E-state index in [0.717, 1.165) is 11.0 Å². The Hall–Kier alpha value is -2.33. The van der Waals surface area contributed by atoms with Crippen molar-refractivity contribution < 1.29 is 0 Å². The zero-order valence-electron chi connectivity index (χ0n) is 12.7. The molecule has 0 aliphatic carbocycles. The van der Waals surface area contributed by atoms with Crippen LogP contribution in [-0.2, 0) is 20.5 Å². The molecule has 1 atom stereocenters. The van der Waals surface area contributed by atoms with Crippen molar-refractivity contribution in [2.24, 2.45) is 14.1 Å². The van der Waals surface area contributed by atoms with Gasteiger partial charge in [0.1, 0.15) is 11.9 Å². The van der Waals surface area contributed by atoms with Crippen LogP contribution >= 0.6 is 11.3 Å². The van der Waals surface area contributed by atoms with Gasteiger partial charge in [0, 0.05) is 25.5 Å². The van der Waals surface area contributed by atoms with Crippen LogP contribution in [0.25, 0.3) is 0 Å². The minimum Gasteiger partial charge on any atom is -0.349 e. The predicted octanol–water partition coefficient (Wildman–Crippen LogP) is 1.14. The number of nitriles is 1. The number of fused-ring (bicyclic) bond motifs is 1. The number of thiophene rings is 1. The topological polar surface area (TPSA) is 71.0 Å². The van der Waals surface area contributed by atoms with Crippen molar-refractivity contribution in [3.05, 3.63) is 48.3 Å². The molecule has 0 aromatic carbocycles. The van der Waals surface area contributed by atoms with E-state index in [1.54, 1.807) is 18.4 Å². The van der Waals surface area contributed by atoms with Crippen LogP contribution in [0.4, 0.5) is 5.82 Å². The number of nitrogens with zero attached hydrogens (tertiary/aromatic N) is 4. The van der Waals surface area contributed by atoms with E-state index < -0.39 is 11.2 Å². The van der Waals surface area contributed by atoms with E-state index in [4.69, 9.17) is 0 Å². The van der Waals surface area contributed by atoms with Crippen LogP contribution in [0.2, 0.25) is 0 Å². The summed E-state index contributed by atoms with van der Waals surface area (Å²) >= 11 is 1.72. The Morgan fingerprint density at radius 3 is 2.73 bits per heavy atom. The van der Waals surface area contributed by atoms with Gasteiger partial charge in [0.2, 0.25) is 0 Å². The van der Waals surface area contributed by atoms with Crippen LogP contribution < -0.4 is 16.1 Å². The number of anilines is 1. The molecule has 2 aromatic rings. The Morgan fingerprint density at radius 2 is 2.05 bits per heavy atom. The fourth-order valence-corrected chi connectivity index (χ4v) is 4.03. The van der Waals surface area contributed by atoms with E-state index in [1.807, 2.05) is 17.9 Å². The molecule has 0 saturated heterocycles. The monoisotopic (exact) mass is 316 g/mol. The highest BCUT2D eigenvalue weighted by Crippen LogP contribution is 2.36. The molecule has 0 fully saturated rings. The van der Waals surface area contributed by atoms with E-state index in [9.17, 15) is 14.9 Å². The van der Waals surface area contributed by atoms with E-state index >= 15 is 0 Å². The normalized spacial score (nSPS) is 17.2. The van der Waals surface area contributed by atoms with Crippen LogP contribution in [0.3, 0.4) is 0 Å². The van der Waals surface area contributed by atoms with Gasteiger partial charge in [0.15, 0.2) is 5.56 Å². The van der Waals surface area contributed by atoms with Gasteiger partial charge in [-0.1, -0.05) is 0 Å². The van der Waals surface area contributed by atoms with E-state index in [2.05, 4.69) is 11.4 Å². The highest BCUT2D eigenvalue weighted by atomic mass is 32.1. The van der Waals surface area contributed by atoms with Gasteiger partial charge in [0.25, 0.3) is 5.56 Å². The predicted molar refractivity (Wildman–Crippen MR) is 85.4 cm³/mol. The number of rotatable bonds is 1. The average molecular weight is 316 g/mol. The van der Waals surface area contributed by atoms with Crippen molar-refractivity contribution in [1.29, 1.82) is 5.26 Å². The van der Waals surface area contributed by atoms with E-state index in [-0.39, 0.29) is 11.6 Å². The third-order valence-electron chi connectivity index (χ3n) is 4.29. The lowest BCUT2D eigenvalue weighted by molar-refractivity contribution is 0.586. The summed E-state index contributed by atoms with van der Waals surface area (Å²) in [5, 5.41) is 11.5. The standard InChI is InChI=1S/C15H16N4O2S/c1-9-10-5-7-22-12(10)4-6-19(9)13-11(8-16)14(20)18(3)15(21)17(13)2/h5,7,9H,4,6H2,1-3H3. The average Bonchev–Trinajstić information content (AvgIpc) is 2.99. The van der Waals surface area contributed by atoms with E-state index in [1.165, 1.54) is 22.1 Å².